The van der Waals surface area contributed by atoms with Crippen LogP contribution in [-0.2, 0) is 4.79 Å². The third-order valence-corrected chi connectivity index (χ3v) is 2.91. The molecule has 0 unspecified atom stereocenters. The number of carbonyl (C=O) groups excluding carboxylic acids is 2. The largest absolute Gasteiger partial charge is 0.399 e. The number of carbonyl (C=O) groups is 2. The van der Waals surface area contributed by atoms with Crippen molar-refractivity contribution >= 4 is 23.3 Å². The molecule has 4 N–H and O–H groups in total. The van der Waals surface area contributed by atoms with Crippen LogP contribution < -0.4 is 16.4 Å². The Labute approximate surface area is 119 Å². The lowest BCUT2D eigenvalue weighted by Gasteiger charge is -2.18. The number of amides is 3. The maximum absolute atomic E-state index is 11.7. The number of anilines is 2. The molecule has 0 saturated heterocycles. The molecule has 1 aromatic rings. The summed E-state index contributed by atoms with van der Waals surface area (Å²) in [4.78, 5) is 25.1. The minimum Gasteiger partial charge on any atom is -0.399 e. The van der Waals surface area contributed by atoms with Gasteiger partial charge in [-0.3, -0.25) is 4.79 Å². The first-order valence-corrected chi connectivity index (χ1v) is 6.75. The van der Waals surface area contributed by atoms with Gasteiger partial charge in [-0.25, -0.2) is 4.79 Å². The first-order valence-electron chi connectivity index (χ1n) is 6.75. The molecular weight excluding hydrogens is 256 g/mol. The zero-order valence-corrected chi connectivity index (χ0v) is 12.0. The maximum atomic E-state index is 11.7. The molecule has 0 saturated carbocycles. The first-order chi connectivity index (χ1) is 9.56. The fourth-order valence-electron chi connectivity index (χ4n) is 1.76. The molecule has 0 fully saturated rings. The number of nitrogens with zero attached hydrogens (tertiary/aromatic N) is 1. The first kappa shape index (κ1) is 15.8. The number of nitrogens with two attached hydrogens (primary N) is 1. The minimum absolute atomic E-state index is 0.0442. The second kappa shape index (κ2) is 8.04. The van der Waals surface area contributed by atoms with Crippen LogP contribution in [-0.4, -0.2) is 36.5 Å². The van der Waals surface area contributed by atoms with Crippen LogP contribution in [0.2, 0.25) is 0 Å². The van der Waals surface area contributed by atoms with Gasteiger partial charge in [-0.05, 0) is 38.1 Å². The smallest absolute Gasteiger partial charge is 0.319 e. The van der Waals surface area contributed by atoms with E-state index >= 15 is 0 Å². The van der Waals surface area contributed by atoms with E-state index in [2.05, 4.69) is 10.6 Å². The summed E-state index contributed by atoms with van der Waals surface area (Å²) in [5.74, 6) is 0.0442. The van der Waals surface area contributed by atoms with Crippen LogP contribution in [0.15, 0.2) is 24.3 Å². The van der Waals surface area contributed by atoms with E-state index in [0.717, 1.165) is 0 Å². The van der Waals surface area contributed by atoms with Crippen molar-refractivity contribution in [3.63, 3.8) is 0 Å². The number of hydrogen-bond donors (Lipinski definition) is 3. The van der Waals surface area contributed by atoms with Gasteiger partial charge in [0.15, 0.2) is 0 Å². The van der Waals surface area contributed by atoms with Crippen molar-refractivity contribution in [2.75, 3.05) is 30.7 Å². The van der Waals surface area contributed by atoms with Crippen molar-refractivity contribution in [2.24, 2.45) is 0 Å². The van der Waals surface area contributed by atoms with E-state index in [0.29, 0.717) is 37.4 Å². The molecule has 0 bridgehead atoms. The molecule has 110 valence electrons. The molecule has 0 aliphatic rings. The van der Waals surface area contributed by atoms with Crippen LogP contribution >= 0.6 is 0 Å². The Hall–Kier alpha value is -2.24. The van der Waals surface area contributed by atoms with Crippen LogP contribution in [0, 0.1) is 0 Å². The van der Waals surface area contributed by atoms with Gasteiger partial charge in [-0.15, -0.1) is 0 Å². The molecule has 0 spiro atoms. The monoisotopic (exact) mass is 278 g/mol. The second-order valence-electron chi connectivity index (χ2n) is 4.32. The van der Waals surface area contributed by atoms with Gasteiger partial charge in [0.05, 0.1) is 0 Å². The average Bonchev–Trinajstić information content (AvgIpc) is 2.43. The lowest BCUT2D eigenvalue weighted by molar-refractivity contribution is -0.130. The van der Waals surface area contributed by atoms with E-state index in [4.69, 9.17) is 5.73 Å². The highest BCUT2D eigenvalue weighted by molar-refractivity contribution is 5.89. The molecule has 0 aliphatic heterocycles. The Morgan fingerprint density at radius 2 is 1.75 bits per heavy atom. The third-order valence-electron chi connectivity index (χ3n) is 2.91. The van der Waals surface area contributed by atoms with Crippen molar-refractivity contribution < 1.29 is 9.59 Å². The van der Waals surface area contributed by atoms with Gasteiger partial charge in [0.2, 0.25) is 5.91 Å². The Kier molecular flexibility index (Phi) is 6.36. The molecule has 0 aromatic heterocycles. The van der Waals surface area contributed by atoms with Crippen LogP contribution in [0.4, 0.5) is 16.2 Å². The molecule has 0 aliphatic carbocycles. The van der Waals surface area contributed by atoms with Crippen LogP contribution in [0.1, 0.15) is 20.3 Å². The zero-order chi connectivity index (χ0) is 15.0. The van der Waals surface area contributed by atoms with Gasteiger partial charge in [0.25, 0.3) is 0 Å². The highest BCUT2D eigenvalue weighted by atomic mass is 16.2. The van der Waals surface area contributed by atoms with Crippen molar-refractivity contribution in [1.82, 2.24) is 10.2 Å². The molecule has 3 amide bonds. The Balaban J connectivity index is 2.30. The lowest BCUT2D eigenvalue weighted by atomic mass is 10.3. The van der Waals surface area contributed by atoms with Gasteiger partial charge < -0.3 is 21.3 Å². The van der Waals surface area contributed by atoms with E-state index in [1.165, 1.54) is 0 Å². The SMILES string of the molecule is CCN(CC)C(=O)CCNC(=O)Nc1ccc(N)cc1. The topological polar surface area (TPSA) is 87.5 Å². The number of urea groups is 1. The van der Waals surface area contributed by atoms with E-state index in [9.17, 15) is 9.59 Å². The Bertz CT molecular complexity index is 441. The number of nitrogen functional groups attached to an aromatic ring is 1. The average molecular weight is 278 g/mol. The third kappa shape index (κ3) is 5.17. The maximum Gasteiger partial charge on any atom is 0.319 e. The Morgan fingerprint density at radius 3 is 2.30 bits per heavy atom. The van der Waals surface area contributed by atoms with E-state index in [1.807, 2.05) is 13.8 Å². The predicted molar refractivity (Wildman–Crippen MR) is 80.4 cm³/mol. The zero-order valence-electron chi connectivity index (χ0n) is 12.0. The van der Waals surface area contributed by atoms with Crippen LogP contribution in [0.3, 0.4) is 0 Å². The molecule has 0 radical (unpaired) electrons. The molecule has 6 nitrogen and oxygen atoms in total. The quantitative estimate of drug-likeness (QED) is 0.691. The highest BCUT2D eigenvalue weighted by Gasteiger charge is 2.09. The fourth-order valence-corrected chi connectivity index (χ4v) is 1.76. The fraction of sp³-hybridized carbons (Fsp3) is 0.429. The minimum atomic E-state index is -0.331. The normalized spacial score (nSPS) is 9.90. The molecule has 0 atom stereocenters. The van der Waals surface area contributed by atoms with Crippen molar-refractivity contribution in [3.8, 4) is 0 Å². The number of hydrogen-bond acceptors (Lipinski definition) is 3. The number of nitrogens with one attached hydrogen (secondary N) is 2. The van der Waals surface area contributed by atoms with E-state index in [-0.39, 0.29) is 11.9 Å². The van der Waals surface area contributed by atoms with Crippen LogP contribution in [0.5, 0.6) is 0 Å². The van der Waals surface area contributed by atoms with Crippen molar-refractivity contribution in [2.45, 2.75) is 20.3 Å². The van der Waals surface area contributed by atoms with Crippen LogP contribution in [0.25, 0.3) is 0 Å². The summed E-state index contributed by atoms with van der Waals surface area (Å²) in [5, 5.41) is 5.32. The number of benzene rings is 1. The van der Waals surface area contributed by atoms with Gasteiger partial charge in [-0.2, -0.15) is 0 Å². The van der Waals surface area contributed by atoms with Crippen molar-refractivity contribution in [1.29, 1.82) is 0 Å². The highest BCUT2D eigenvalue weighted by Crippen LogP contribution is 2.09. The molecule has 6 heteroatoms. The molecular formula is C14H22N4O2. The van der Waals surface area contributed by atoms with Gasteiger partial charge in [0, 0.05) is 37.4 Å². The summed E-state index contributed by atoms with van der Waals surface area (Å²) in [6.45, 7) is 5.56. The Morgan fingerprint density at radius 1 is 1.15 bits per heavy atom. The summed E-state index contributed by atoms with van der Waals surface area (Å²) in [6, 6.07) is 6.52. The molecule has 20 heavy (non-hydrogen) atoms. The summed E-state index contributed by atoms with van der Waals surface area (Å²) in [5.41, 5.74) is 6.85. The number of rotatable bonds is 6. The summed E-state index contributed by atoms with van der Waals surface area (Å²) in [6.07, 6.45) is 0.302. The standard InChI is InChI=1S/C14H22N4O2/c1-3-18(4-2)13(19)9-10-16-14(20)17-12-7-5-11(15)6-8-12/h5-8H,3-4,9-10,15H2,1-2H3,(H2,16,17,20). The van der Waals surface area contributed by atoms with E-state index in [1.54, 1.807) is 29.2 Å². The second-order valence-corrected chi connectivity index (χ2v) is 4.32. The lowest BCUT2D eigenvalue weighted by Crippen LogP contribution is -2.35. The predicted octanol–water partition coefficient (Wildman–Crippen LogP) is 1.65. The van der Waals surface area contributed by atoms with Gasteiger partial charge in [0.1, 0.15) is 0 Å². The molecule has 1 rings (SSSR count). The summed E-state index contributed by atoms with van der Waals surface area (Å²) in [7, 11) is 0. The van der Waals surface area contributed by atoms with Gasteiger partial charge in [-0.1, -0.05) is 0 Å². The van der Waals surface area contributed by atoms with Gasteiger partial charge >= 0.3 is 6.03 Å². The summed E-state index contributed by atoms with van der Waals surface area (Å²) < 4.78 is 0. The van der Waals surface area contributed by atoms with Crippen molar-refractivity contribution in [3.05, 3.63) is 24.3 Å². The molecule has 1 aromatic carbocycles. The van der Waals surface area contributed by atoms with E-state index < -0.39 is 0 Å². The molecule has 0 heterocycles. The summed E-state index contributed by atoms with van der Waals surface area (Å²) >= 11 is 0.